The van der Waals surface area contributed by atoms with Gasteiger partial charge in [0, 0.05) is 33.0 Å². The molecule has 2 aliphatic heterocycles. The minimum absolute atomic E-state index is 0. The molecule has 0 fully saturated rings. The quantitative estimate of drug-likeness (QED) is 0.179. The van der Waals surface area contributed by atoms with Gasteiger partial charge in [-0.25, -0.2) is 19.2 Å². The van der Waals surface area contributed by atoms with Gasteiger partial charge in [-0.2, -0.15) is 0 Å². The predicted molar refractivity (Wildman–Crippen MR) is 172 cm³/mol. The van der Waals surface area contributed by atoms with Crippen LogP contribution in [0.3, 0.4) is 0 Å². The smallest absolute Gasteiger partial charge is 0.346 e. The first-order chi connectivity index (χ1) is 17.7. The molecule has 0 aromatic carbocycles. The molecule has 0 saturated carbocycles. The van der Waals surface area contributed by atoms with Gasteiger partial charge < -0.3 is 128 Å². The van der Waals surface area contributed by atoms with E-state index in [0.717, 1.165) is 47.0 Å². The van der Waals surface area contributed by atoms with Crippen molar-refractivity contribution in [1.29, 1.82) is 0 Å². The third-order valence-corrected chi connectivity index (χ3v) is 11.5. The molecule has 0 aromatic heterocycles. The molecule has 0 amide bonds. The fourth-order valence-corrected chi connectivity index (χ4v) is 6.58. The Hall–Kier alpha value is 0.727. The van der Waals surface area contributed by atoms with Gasteiger partial charge in [0.1, 0.15) is 19.6 Å². The van der Waals surface area contributed by atoms with Crippen molar-refractivity contribution in [2.45, 2.75) is 0 Å². The molecule has 0 aliphatic carbocycles. The van der Waals surface area contributed by atoms with Crippen molar-refractivity contribution in [2.24, 2.45) is 0 Å². The van der Waals surface area contributed by atoms with Crippen LogP contribution in [-0.4, -0.2) is 52.3 Å². The van der Waals surface area contributed by atoms with E-state index in [1.165, 1.54) is 28.4 Å². The molecule has 0 N–H and O–H groups in total. The standard InChI is InChI=1S/2C8H8O4S4.C2H4S4.2Ni/c2*1-11-5(9)3-4(6(10)12-2)16-8(14)7(13)15-3;3-1(4)2(5)6;;/h2*13-14H,1-2H3;3-6H;;/p-8. The average molecular weight is 858 g/mol. The first-order valence-corrected chi connectivity index (χ1v) is 15.3. The Morgan fingerprint density at radius 2 is 0.600 bits per heavy atom. The summed E-state index contributed by atoms with van der Waals surface area (Å²) in [6, 6.07) is 0. The van der Waals surface area contributed by atoms with Crippen molar-refractivity contribution < 1.29 is 71.1 Å². The fourth-order valence-electron chi connectivity index (χ4n) is 1.63. The van der Waals surface area contributed by atoms with Gasteiger partial charge in [-0.3, -0.25) is 0 Å². The summed E-state index contributed by atoms with van der Waals surface area (Å²) >= 11 is 41.2. The minimum Gasteiger partial charge on any atom is -0.810 e. The SMILES string of the molecule is COC(=O)C1=C(C(=O)OC)SC([S-])=C([S-])S1.COC(=O)C1=C(C(=O)OC)SC([S-])=C([S-])S1.[Ni].[Ni].[S-]C([S-])=C([S-])[S-]. The first kappa shape index (κ1) is 45.2. The summed E-state index contributed by atoms with van der Waals surface area (Å²) in [5.41, 5.74) is 0. The van der Waals surface area contributed by atoms with Crippen LogP contribution in [0.25, 0.3) is 0 Å². The predicted octanol–water partition coefficient (Wildman–Crippen LogP) is 2.78. The van der Waals surface area contributed by atoms with Gasteiger partial charge in [0.05, 0.1) is 28.4 Å². The maximum absolute atomic E-state index is 11.4. The van der Waals surface area contributed by atoms with Gasteiger partial charge in [0.15, 0.2) is 0 Å². The van der Waals surface area contributed by atoms with E-state index in [2.05, 4.69) is 69.5 Å². The van der Waals surface area contributed by atoms with Gasteiger partial charge in [0.2, 0.25) is 0 Å². The number of carbonyl (C=O) groups excluding carboxylic acids is 4. The van der Waals surface area contributed by atoms with E-state index in [1.54, 1.807) is 0 Å². The number of thioether (sulfide) groups is 4. The molecule has 8 nitrogen and oxygen atoms in total. The summed E-state index contributed by atoms with van der Waals surface area (Å²) in [5, 5.41) is 0. The van der Waals surface area contributed by atoms with Crippen LogP contribution in [0, 0.1) is 0 Å². The van der Waals surface area contributed by atoms with Crippen molar-refractivity contribution in [2.75, 3.05) is 28.4 Å². The van der Waals surface area contributed by atoms with Crippen LogP contribution in [0.2, 0.25) is 0 Å². The third-order valence-electron chi connectivity index (χ3n) is 3.17. The van der Waals surface area contributed by atoms with E-state index < -0.39 is 23.9 Å². The van der Waals surface area contributed by atoms with Crippen LogP contribution in [0.5, 0.6) is 0 Å². The summed E-state index contributed by atoms with van der Waals surface area (Å²) in [4.78, 5) is 46.2. The first-order valence-electron chi connectivity index (χ1n) is 8.78. The van der Waals surface area contributed by atoms with Gasteiger partial charge >= 0.3 is 23.9 Å². The average Bonchev–Trinajstić information content (AvgIpc) is 2.89. The molecule has 0 unspecified atom stereocenters. The fraction of sp³-hybridized carbons (Fsp3) is 0.222. The number of methoxy groups -OCH3 is 4. The van der Waals surface area contributed by atoms with Gasteiger partial charge in [0.25, 0.3) is 0 Å². The molecule has 40 heavy (non-hydrogen) atoms. The van der Waals surface area contributed by atoms with Crippen LogP contribution < -0.4 is 0 Å². The van der Waals surface area contributed by atoms with Gasteiger partial charge in [-0.1, -0.05) is 0 Å². The van der Waals surface area contributed by atoms with Gasteiger partial charge in [-0.05, 0) is 0 Å². The monoisotopic (exact) mass is 856 g/mol. The van der Waals surface area contributed by atoms with Crippen LogP contribution >= 0.6 is 47.0 Å². The molecule has 22 heteroatoms. The number of esters is 4. The Balaban J connectivity index is -0.000000548. The summed E-state index contributed by atoms with van der Waals surface area (Å²) in [7, 11) is 4.91. The summed E-state index contributed by atoms with van der Waals surface area (Å²) < 4.78 is 20.2. The largest absolute Gasteiger partial charge is 0.810 e. The molecule has 0 aromatic rings. The number of carbonyl (C=O) groups is 4. The number of hydrogen-bond acceptors (Lipinski definition) is 20. The minimum atomic E-state index is -0.622. The van der Waals surface area contributed by atoms with E-state index in [0.29, 0.717) is 16.9 Å². The summed E-state index contributed by atoms with van der Waals surface area (Å²) in [6.07, 6.45) is 0. The topological polar surface area (TPSA) is 105 Å². The van der Waals surface area contributed by atoms with Crippen LogP contribution in [-0.2, 0) is 172 Å². The number of ether oxygens (including phenoxy) is 4. The maximum Gasteiger partial charge on any atom is 0.346 e. The Morgan fingerprint density at radius 1 is 0.450 bits per heavy atom. The number of hydrogen-bond donors (Lipinski definition) is 0. The van der Waals surface area contributed by atoms with Crippen LogP contribution in [0.1, 0.15) is 0 Å². The summed E-state index contributed by atoms with van der Waals surface area (Å²) in [5.74, 6) is -2.49. The third kappa shape index (κ3) is 14.9. The second-order valence-corrected chi connectivity index (χ2v) is 14.3. The van der Waals surface area contributed by atoms with Crippen molar-refractivity contribution in [3.8, 4) is 0 Å². The molecule has 2 heterocycles. The number of rotatable bonds is 4. The molecule has 0 spiro atoms. The van der Waals surface area contributed by atoms with E-state index >= 15 is 0 Å². The summed E-state index contributed by atoms with van der Waals surface area (Å²) in [6.45, 7) is 0. The molecule has 0 bridgehead atoms. The van der Waals surface area contributed by atoms with E-state index in [4.69, 9.17) is 50.5 Å². The van der Waals surface area contributed by atoms with Crippen LogP contribution in [0.15, 0.2) is 45.0 Å². The van der Waals surface area contributed by atoms with Crippen molar-refractivity contribution in [1.82, 2.24) is 0 Å². The molecular weight excluding hydrogens is 846 g/mol. The Bertz CT molecular complexity index is 968. The van der Waals surface area contributed by atoms with Gasteiger partial charge in [-0.15, -0.1) is 64.0 Å². The molecule has 2 rings (SSSR count). The molecule has 232 valence electrons. The van der Waals surface area contributed by atoms with E-state index in [-0.39, 0.29) is 61.1 Å². The Kier molecular flexibility index (Phi) is 26.1. The molecule has 2 aliphatic rings. The Labute approximate surface area is 312 Å². The van der Waals surface area contributed by atoms with E-state index in [9.17, 15) is 19.2 Å². The molecular formula is C18H12Ni2O8S12-8. The Morgan fingerprint density at radius 3 is 0.700 bits per heavy atom. The molecule has 0 atom stereocenters. The van der Waals surface area contributed by atoms with Crippen molar-refractivity contribution in [3.63, 3.8) is 0 Å². The van der Waals surface area contributed by atoms with E-state index in [1.807, 2.05) is 0 Å². The normalized spacial score (nSPS) is 14.0. The molecule has 0 radical (unpaired) electrons. The second kappa shape index (κ2) is 23.2. The zero-order valence-electron chi connectivity index (χ0n) is 19.8. The maximum atomic E-state index is 11.4. The molecule has 0 saturated heterocycles. The second-order valence-electron chi connectivity index (χ2n) is 5.42. The van der Waals surface area contributed by atoms with Crippen LogP contribution in [0.4, 0.5) is 0 Å². The zero-order chi connectivity index (χ0) is 29.7. The van der Waals surface area contributed by atoms with Crippen molar-refractivity contribution in [3.05, 3.63) is 45.0 Å². The van der Waals surface area contributed by atoms with Crippen molar-refractivity contribution >= 4 is 172 Å². The zero-order valence-corrected chi connectivity index (χ0v) is 31.6.